The predicted molar refractivity (Wildman–Crippen MR) is 102 cm³/mol. The molecule has 0 unspecified atom stereocenters. The van der Waals surface area contributed by atoms with Gasteiger partial charge in [0.05, 0.1) is 12.0 Å². The summed E-state index contributed by atoms with van der Waals surface area (Å²) in [6.07, 6.45) is 4.88. The van der Waals surface area contributed by atoms with Crippen LogP contribution in [0, 0.1) is 5.82 Å². The van der Waals surface area contributed by atoms with Crippen LogP contribution in [0.1, 0.15) is 5.76 Å². The number of fused-ring (bicyclic) bond motifs is 1. The summed E-state index contributed by atoms with van der Waals surface area (Å²) in [5, 5.41) is 3.30. The molecular formula is C18H11FN2O3S2. The van der Waals surface area contributed by atoms with E-state index >= 15 is 0 Å². The first-order valence-electron chi connectivity index (χ1n) is 7.51. The van der Waals surface area contributed by atoms with Crippen molar-refractivity contribution < 1.29 is 18.3 Å². The number of amides is 1. The number of nitrogens with zero attached hydrogens (tertiary/aromatic N) is 1. The molecule has 2 aromatic heterocycles. The second kappa shape index (κ2) is 6.54. The Morgan fingerprint density at radius 2 is 2.19 bits per heavy atom. The number of thiocarbonyl (C=S) groups is 1. The molecule has 1 aliphatic rings. The highest BCUT2D eigenvalue weighted by Gasteiger charge is 2.23. The zero-order chi connectivity index (χ0) is 18.3. The van der Waals surface area contributed by atoms with E-state index < -0.39 is 5.82 Å². The van der Waals surface area contributed by atoms with E-state index in [-0.39, 0.29) is 11.7 Å². The maximum atomic E-state index is 14.0. The summed E-state index contributed by atoms with van der Waals surface area (Å²) < 4.78 is 25.3. The van der Waals surface area contributed by atoms with Gasteiger partial charge >= 0.3 is 0 Å². The molecule has 0 bridgehead atoms. The van der Waals surface area contributed by atoms with Gasteiger partial charge in [-0.3, -0.25) is 9.78 Å². The lowest BCUT2D eigenvalue weighted by atomic mass is 10.1. The predicted octanol–water partition coefficient (Wildman–Crippen LogP) is 4.13. The molecule has 0 spiro atoms. The number of methoxy groups -OCH3 is 1. The number of ether oxygens (including phenoxy) is 1. The summed E-state index contributed by atoms with van der Waals surface area (Å²) >= 11 is 6.15. The normalized spacial score (nSPS) is 15.7. The summed E-state index contributed by atoms with van der Waals surface area (Å²) in [5.74, 6) is -0.0657. The molecule has 0 radical (unpaired) electrons. The zero-order valence-corrected chi connectivity index (χ0v) is 15.0. The molecular weight excluding hydrogens is 375 g/mol. The number of benzene rings is 1. The van der Waals surface area contributed by atoms with Gasteiger partial charge in [-0.2, -0.15) is 0 Å². The molecule has 0 atom stereocenters. The van der Waals surface area contributed by atoms with Gasteiger partial charge in [0, 0.05) is 29.4 Å². The van der Waals surface area contributed by atoms with Crippen molar-refractivity contribution in [1.82, 2.24) is 10.3 Å². The summed E-state index contributed by atoms with van der Waals surface area (Å²) in [7, 11) is 1.41. The van der Waals surface area contributed by atoms with Crippen LogP contribution in [0.4, 0.5) is 4.39 Å². The first-order chi connectivity index (χ1) is 12.5. The van der Waals surface area contributed by atoms with Crippen LogP contribution in [0.15, 0.2) is 46.0 Å². The third-order valence-corrected chi connectivity index (χ3v) is 4.98. The molecule has 1 aliphatic heterocycles. The molecule has 4 rings (SSSR count). The summed E-state index contributed by atoms with van der Waals surface area (Å²) in [6, 6.07) is 6.43. The number of carbonyl (C=O) groups is 1. The van der Waals surface area contributed by atoms with E-state index in [1.54, 1.807) is 36.7 Å². The second-order valence-electron chi connectivity index (χ2n) is 5.46. The summed E-state index contributed by atoms with van der Waals surface area (Å²) in [6.45, 7) is 0. The van der Waals surface area contributed by atoms with Crippen molar-refractivity contribution in [2.24, 2.45) is 0 Å². The van der Waals surface area contributed by atoms with Gasteiger partial charge in [-0.05, 0) is 23.8 Å². The van der Waals surface area contributed by atoms with Crippen molar-refractivity contribution >= 4 is 51.3 Å². The first-order valence-corrected chi connectivity index (χ1v) is 8.74. The molecule has 1 amide bonds. The van der Waals surface area contributed by atoms with Crippen molar-refractivity contribution in [3.05, 3.63) is 53.1 Å². The Kier molecular flexibility index (Phi) is 4.21. The molecule has 5 nitrogen and oxygen atoms in total. The molecule has 26 heavy (non-hydrogen) atoms. The second-order valence-corrected chi connectivity index (χ2v) is 7.17. The zero-order valence-electron chi connectivity index (χ0n) is 13.4. The van der Waals surface area contributed by atoms with Crippen LogP contribution in [-0.4, -0.2) is 22.3 Å². The Balaban J connectivity index is 1.79. The molecule has 1 N–H and O–H groups in total. The van der Waals surface area contributed by atoms with Gasteiger partial charge in [-0.15, -0.1) is 0 Å². The summed E-state index contributed by atoms with van der Waals surface area (Å²) in [4.78, 5) is 16.4. The van der Waals surface area contributed by atoms with Crippen molar-refractivity contribution in [3.8, 4) is 16.9 Å². The van der Waals surface area contributed by atoms with Crippen LogP contribution in [0.25, 0.3) is 28.2 Å². The van der Waals surface area contributed by atoms with E-state index in [0.29, 0.717) is 31.7 Å². The molecule has 1 fully saturated rings. The van der Waals surface area contributed by atoms with E-state index in [9.17, 15) is 9.18 Å². The Bertz CT molecular complexity index is 1090. The monoisotopic (exact) mass is 386 g/mol. The van der Waals surface area contributed by atoms with Gasteiger partial charge < -0.3 is 14.5 Å². The smallest absolute Gasteiger partial charge is 0.263 e. The van der Waals surface area contributed by atoms with Gasteiger partial charge in [0.15, 0.2) is 11.6 Å². The van der Waals surface area contributed by atoms with Crippen LogP contribution in [0.2, 0.25) is 0 Å². The number of pyridine rings is 1. The van der Waals surface area contributed by atoms with Gasteiger partial charge in [0.25, 0.3) is 5.91 Å². The molecule has 0 aliphatic carbocycles. The van der Waals surface area contributed by atoms with Crippen molar-refractivity contribution in [2.45, 2.75) is 0 Å². The highest BCUT2D eigenvalue weighted by atomic mass is 32.2. The lowest BCUT2D eigenvalue weighted by Gasteiger charge is -2.05. The average molecular weight is 386 g/mol. The van der Waals surface area contributed by atoms with E-state index in [1.165, 1.54) is 24.9 Å². The molecule has 8 heteroatoms. The minimum Gasteiger partial charge on any atom is -0.494 e. The molecule has 3 heterocycles. The fourth-order valence-corrected chi connectivity index (χ4v) is 3.67. The van der Waals surface area contributed by atoms with Crippen LogP contribution < -0.4 is 10.1 Å². The number of furan rings is 1. The number of carbonyl (C=O) groups excluding carboxylic acids is 1. The maximum Gasteiger partial charge on any atom is 0.263 e. The third kappa shape index (κ3) is 2.97. The van der Waals surface area contributed by atoms with E-state index in [1.807, 2.05) is 0 Å². The van der Waals surface area contributed by atoms with Crippen LogP contribution in [0.3, 0.4) is 0 Å². The highest BCUT2D eigenvalue weighted by molar-refractivity contribution is 8.26. The lowest BCUT2D eigenvalue weighted by molar-refractivity contribution is -0.115. The number of thioether (sulfide) groups is 1. The van der Waals surface area contributed by atoms with Crippen molar-refractivity contribution in [3.63, 3.8) is 0 Å². The Labute approximate surface area is 157 Å². The van der Waals surface area contributed by atoms with Crippen LogP contribution in [0.5, 0.6) is 5.75 Å². The molecule has 1 saturated heterocycles. The van der Waals surface area contributed by atoms with Gasteiger partial charge in [0.2, 0.25) is 0 Å². The SMILES string of the molecule is COc1ccc(-c2cncc3cc(/C=C4\SC(=S)NC4=O)oc23)cc1F. The maximum absolute atomic E-state index is 14.0. The Morgan fingerprint density at radius 3 is 2.88 bits per heavy atom. The summed E-state index contributed by atoms with van der Waals surface area (Å²) in [5.41, 5.74) is 1.82. The number of hydrogen-bond acceptors (Lipinski definition) is 6. The first kappa shape index (κ1) is 16.7. The van der Waals surface area contributed by atoms with E-state index in [4.69, 9.17) is 21.4 Å². The standard InChI is InChI=1S/C18H11FN2O3S2/c1-23-14-3-2-9(5-13(14)19)12-8-20-7-10-4-11(24-16(10)12)6-15-17(22)21-18(25)26-15/h2-8H,1H3,(H,21,22,25)/b15-6-. The van der Waals surface area contributed by atoms with Crippen molar-refractivity contribution in [1.29, 1.82) is 0 Å². The quantitative estimate of drug-likeness (QED) is 0.539. The highest BCUT2D eigenvalue weighted by Crippen LogP contribution is 2.34. The minimum atomic E-state index is -0.469. The minimum absolute atomic E-state index is 0.166. The fourth-order valence-electron chi connectivity index (χ4n) is 2.64. The molecule has 130 valence electrons. The van der Waals surface area contributed by atoms with Gasteiger partial charge in [-0.1, -0.05) is 30.0 Å². The number of hydrogen-bond donors (Lipinski definition) is 1. The fraction of sp³-hybridized carbons (Fsp3) is 0.0556. The topological polar surface area (TPSA) is 64.4 Å². The number of rotatable bonds is 3. The van der Waals surface area contributed by atoms with E-state index in [0.717, 1.165) is 5.39 Å². The van der Waals surface area contributed by atoms with E-state index in [2.05, 4.69) is 10.3 Å². The van der Waals surface area contributed by atoms with Crippen LogP contribution >= 0.6 is 24.0 Å². The molecule has 3 aromatic rings. The molecule has 0 saturated carbocycles. The third-order valence-electron chi connectivity index (χ3n) is 3.82. The van der Waals surface area contributed by atoms with Crippen molar-refractivity contribution in [2.75, 3.05) is 7.11 Å². The average Bonchev–Trinajstić information content (AvgIpc) is 3.16. The van der Waals surface area contributed by atoms with Crippen LogP contribution in [-0.2, 0) is 4.79 Å². The molecule has 1 aromatic carbocycles. The van der Waals surface area contributed by atoms with Gasteiger partial charge in [0.1, 0.15) is 15.7 Å². The Morgan fingerprint density at radius 1 is 1.35 bits per heavy atom. The Hall–Kier alpha value is -2.71. The number of aromatic nitrogens is 1. The lowest BCUT2D eigenvalue weighted by Crippen LogP contribution is -2.17. The largest absolute Gasteiger partial charge is 0.494 e. The number of halogens is 1. The number of nitrogens with one attached hydrogen (secondary N) is 1. The van der Waals surface area contributed by atoms with Gasteiger partial charge in [-0.25, -0.2) is 4.39 Å².